The molecule has 2 rings (SSSR count). The van der Waals surface area contributed by atoms with E-state index in [0.717, 1.165) is 17.0 Å². The zero-order valence-electron chi connectivity index (χ0n) is 11.5. The Morgan fingerprint density at radius 1 is 1.32 bits per heavy atom. The third kappa shape index (κ3) is 4.16. The molecule has 118 valence electrons. The molecule has 0 spiro atoms. The third-order valence-corrected chi connectivity index (χ3v) is 4.17. The molecular formula is C14H13ClF2N2O2S. The van der Waals surface area contributed by atoms with Gasteiger partial charge in [0.05, 0.1) is 10.9 Å². The van der Waals surface area contributed by atoms with Gasteiger partial charge in [-0.05, 0) is 24.3 Å². The van der Waals surface area contributed by atoms with Crippen molar-refractivity contribution in [2.45, 2.75) is 6.10 Å². The molecule has 22 heavy (non-hydrogen) atoms. The van der Waals surface area contributed by atoms with E-state index in [1.165, 1.54) is 24.5 Å². The summed E-state index contributed by atoms with van der Waals surface area (Å²) < 4.78 is 32.7. The number of hydrogen-bond acceptors (Lipinski definition) is 3. The van der Waals surface area contributed by atoms with Gasteiger partial charge < -0.3 is 15.4 Å². The number of carbonyl (C=O) groups is 1. The summed E-state index contributed by atoms with van der Waals surface area (Å²) in [6.45, 7) is 0.134. The largest absolute Gasteiger partial charge is 0.374 e. The first-order chi connectivity index (χ1) is 10.5. The molecule has 2 amide bonds. The van der Waals surface area contributed by atoms with E-state index in [0.29, 0.717) is 4.34 Å². The predicted octanol–water partition coefficient (Wildman–Crippen LogP) is 4.19. The van der Waals surface area contributed by atoms with Crippen molar-refractivity contribution in [1.82, 2.24) is 5.32 Å². The van der Waals surface area contributed by atoms with Crippen LogP contribution in [0.4, 0.5) is 19.3 Å². The lowest BCUT2D eigenvalue weighted by Crippen LogP contribution is -2.33. The Bertz CT molecular complexity index is 646. The van der Waals surface area contributed by atoms with Crippen LogP contribution in [0, 0.1) is 11.6 Å². The molecule has 0 aliphatic carbocycles. The molecule has 0 bridgehead atoms. The zero-order valence-corrected chi connectivity index (χ0v) is 13.1. The molecule has 1 aromatic carbocycles. The van der Waals surface area contributed by atoms with Crippen molar-refractivity contribution in [3.63, 3.8) is 0 Å². The number of hydrogen-bond donors (Lipinski definition) is 2. The number of rotatable bonds is 5. The van der Waals surface area contributed by atoms with Gasteiger partial charge in [0.25, 0.3) is 0 Å². The lowest BCUT2D eigenvalue weighted by Gasteiger charge is -2.15. The summed E-state index contributed by atoms with van der Waals surface area (Å²) in [5.41, 5.74) is -0.492. The number of thiophene rings is 1. The molecule has 0 fully saturated rings. The fourth-order valence-corrected chi connectivity index (χ4v) is 2.90. The average Bonchev–Trinajstić information content (AvgIpc) is 2.90. The molecule has 0 saturated carbocycles. The first kappa shape index (κ1) is 16.7. The average molecular weight is 347 g/mol. The summed E-state index contributed by atoms with van der Waals surface area (Å²) in [7, 11) is 1.49. The van der Waals surface area contributed by atoms with Gasteiger partial charge in [-0.1, -0.05) is 17.7 Å². The Labute approximate surface area is 135 Å². The van der Waals surface area contributed by atoms with Gasteiger partial charge in [-0.25, -0.2) is 13.6 Å². The SMILES string of the molecule is COC(CNC(=O)Nc1c(F)cccc1F)c1ccc(Cl)s1. The van der Waals surface area contributed by atoms with Gasteiger partial charge in [-0.2, -0.15) is 0 Å². The van der Waals surface area contributed by atoms with E-state index in [4.69, 9.17) is 16.3 Å². The standard InChI is InChI=1S/C14H13ClF2N2O2S/c1-21-10(11-5-6-12(15)22-11)7-18-14(20)19-13-8(16)3-2-4-9(13)17/h2-6,10H,7H2,1H3,(H2,18,19,20). The maximum atomic E-state index is 13.4. The molecule has 2 N–H and O–H groups in total. The summed E-state index contributed by atoms with van der Waals surface area (Å²) in [6.07, 6.45) is -0.395. The molecule has 4 nitrogen and oxygen atoms in total. The summed E-state index contributed by atoms with van der Waals surface area (Å²) >= 11 is 7.18. The minimum atomic E-state index is -0.844. The Kier molecular flexibility index (Phi) is 5.70. The molecule has 0 aliphatic rings. The van der Waals surface area contributed by atoms with E-state index in [-0.39, 0.29) is 6.54 Å². The highest BCUT2D eigenvalue weighted by atomic mass is 35.5. The first-order valence-corrected chi connectivity index (χ1v) is 7.47. The summed E-state index contributed by atoms with van der Waals surface area (Å²) in [6, 6.07) is 6.12. The molecule has 0 aliphatic heterocycles. The van der Waals surface area contributed by atoms with Gasteiger partial charge in [0.2, 0.25) is 0 Å². The molecule has 1 aromatic heterocycles. The fraction of sp³-hybridized carbons (Fsp3) is 0.214. The number of anilines is 1. The smallest absolute Gasteiger partial charge is 0.319 e. The van der Waals surface area contributed by atoms with Crippen LogP contribution >= 0.6 is 22.9 Å². The Balaban J connectivity index is 1.94. The van der Waals surface area contributed by atoms with Crippen LogP contribution in [-0.4, -0.2) is 19.7 Å². The van der Waals surface area contributed by atoms with Crippen LogP contribution in [0.2, 0.25) is 4.34 Å². The highest BCUT2D eigenvalue weighted by Crippen LogP contribution is 2.28. The van der Waals surface area contributed by atoms with Crippen molar-refractivity contribution in [3.05, 3.63) is 51.2 Å². The summed E-state index contributed by atoms with van der Waals surface area (Å²) in [4.78, 5) is 12.6. The monoisotopic (exact) mass is 346 g/mol. The molecule has 8 heteroatoms. The van der Waals surface area contributed by atoms with Gasteiger partial charge in [0, 0.05) is 12.0 Å². The van der Waals surface area contributed by atoms with Crippen LogP contribution in [0.1, 0.15) is 11.0 Å². The lowest BCUT2D eigenvalue weighted by atomic mass is 10.3. The van der Waals surface area contributed by atoms with E-state index >= 15 is 0 Å². The quantitative estimate of drug-likeness (QED) is 0.853. The van der Waals surface area contributed by atoms with E-state index in [1.807, 2.05) is 0 Å². The first-order valence-electron chi connectivity index (χ1n) is 6.28. The van der Waals surface area contributed by atoms with Gasteiger partial charge >= 0.3 is 6.03 Å². The van der Waals surface area contributed by atoms with Gasteiger partial charge in [-0.3, -0.25) is 0 Å². The number of benzene rings is 1. The Morgan fingerprint density at radius 3 is 2.55 bits per heavy atom. The molecule has 1 atom stereocenters. The Morgan fingerprint density at radius 2 is 2.00 bits per heavy atom. The topological polar surface area (TPSA) is 50.4 Å². The number of para-hydroxylation sites is 1. The maximum Gasteiger partial charge on any atom is 0.319 e. The van der Waals surface area contributed by atoms with E-state index in [2.05, 4.69) is 10.6 Å². The Hall–Kier alpha value is -1.70. The highest BCUT2D eigenvalue weighted by molar-refractivity contribution is 7.16. The van der Waals surface area contributed by atoms with Crippen molar-refractivity contribution < 1.29 is 18.3 Å². The van der Waals surface area contributed by atoms with Crippen LogP contribution in [0.25, 0.3) is 0 Å². The van der Waals surface area contributed by atoms with Crippen molar-refractivity contribution >= 4 is 34.7 Å². The molecule has 2 aromatic rings. The van der Waals surface area contributed by atoms with Gasteiger partial charge in [0.1, 0.15) is 23.4 Å². The van der Waals surface area contributed by atoms with Crippen LogP contribution in [-0.2, 0) is 4.74 Å². The predicted molar refractivity (Wildman–Crippen MR) is 82.5 cm³/mol. The van der Waals surface area contributed by atoms with Crippen molar-refractivity contribution in [2.24, 2.45) is 0 Å². The zero-order chi connectivity index (χ0) is 16.1. The molecular weight excluding hydrogens is 334 g/mol. The molecule has 0 radical (unpaired) electrons. The van der Waals surface area contributed by atoms with Crippen LogP contribution in [0.15, 0.2) is 30.3 Å². The lowest BCUT2D eigenvalue weighted by molar-refractivity contribution is 0.107. The van der Waals surface area contributed by atoms with E-state index < -0.39 is 29.5 Å². The maximum absolute atomic E-state index is 13.4. The second-order valence-electron chi connectivity index (χ2n) is 4.30. The third-order valence-electron chi connectivity index (χ3n) is 2.85. The second kappa shape index (κ2) is 7.53. The number of amides is 2. The normalized spacial score (nSPS) is 12.0. The number of ether oxygens (including phenoxy) is 1. The minimum Gasteiger partial charge on any atom is -0.374 e. The van der Waals surface area contributed by atoms with Crippen molar-refractivity contribution in [2.75, 3.05) is 19.0 Å². The van der Waals surface area contributed by atoms with Crippen LogP contribution in [0.3, 0.4) is 0 Å². The summed E-state index contributed by atoms with van der Waals surface area (Å²) in [5, 5.41) is 4.64. The summed E-state index contributed by atoms with van der Waals surface area (Å²) in [5.74, 6) is -1.69. The van der Waals surface area contributed by atoms with Crippen LogP contribution in [0.5, 0.6) is 0 Å². The number of halogens is 3. The number of carbonyl (C=O) groups excluding carboxylic acids is 1. The van der Waals surface area contributed by atoms with Crippen molar-refractivity contribution in [3.8, 4) is 0 Å². The number of methoxy groups -OCH3 is 1. The second-order valence-corrected chi connectivity index (χ2v) is 6.04. The number of urea groups is 1. The molecule has 1 unspecified atom stereocenters. The van der Waals surface area contributed by atoms with Gasteiger partial charge in [-0.15, -0.1) is 11.3 Å². The molecule has 0 saturated heterocycles. The van der Waals surface area contributed by atoms with Crippen LogP contribution < -0.4 is 10.6 Å². The van der Waals surface area contributed by atoms with E-state index in [9.17, 15) is 13.6 Å². The molecule has 1 heterocycles. The highest BCUT2D eigenvalue weighted by Gasteiger charge is 2.16. The van der Waals surface area contributed by atoms with E-state index in [1.54, 1.807) is 12.1 Å². The fourth-order valence-electron chi connectivity index (χ4n) is 1.76. The number of nitrogens with one attached hydrogen (secondary N) is 2. The minimum absolute atomic E-state index is 0.134. The van der Waals surface area contributed by atoms with Crippen molar-refractivity contribution in [1.29, 1.82) is 0 Å². The van der Waals surface area contributed by atoms with Gasteiger partial charge in [0.15, 0.2) is 0 Å².